The van der Waals surface area contributed by atoms with E-state index < -0.39 is 0 Å². The van der Waals surface area contributed by atoms with Crippen LogP contribution in [0, 0.1) is 0 Å². The Balaban J connectivity index is 2.20. The first-order chi connectivity index (χ1) is 7.74. The van der Waals surface area contributed by atoms with Gasteiger partial charge in [-0.3, -0.25) is 4.90 Å². The Bertz CT molecular complexity index is 397. The maximum Gasteiger partial charge on any atom is 0.414 e. The van der Waals surface area contributed by atoms with E-state index in [4.69, 9.17) is 21.1 Å². The average Bonchev–Trinajstić information content (AvgIpc) is 2.71. The molecular formula is C11H12ClNO3. The second-order valence-corrected chi connectivity index (χ2v) is 3.78. The normalized spacial score (nSPS) is 19.8. The third-order valence-corrected chi connectivity index (χ3v) is 2.76. The summed E-state index contributed by atoms with van der Waals surface area (Å²) in [5.41, 5.74) is 0.761. The molecule has 1 fully saturated rings. The number of benzene rings is 1. The summed E-state index contributed by atoms with van der Waals surface area (Å²) in [5, 5.41) is 0. The number of hydrogen-bond donors (Lipinski definition) is 0. The fraction of sp³-hybridized carbons (Fsp3) is 0.364. The zero-order valence-corrected chi connectivity index (χ0v) is 9.61. The van der Waals surface area contributed by atoms with E-state index in [1.807, 2.05) is 18.2 Å². The van der Waals surface area contributed by atoms with Crippen molar-refractivity contribution >= 4 is 23.4 Å². The molecule has 5 heteroatoms. The lowest BCUT2D eigenvalue weighted by molar-refractivity contribution is 0.151. The first-order valence-corrected chi connectivity index (χ1v) is 5.46. The highest BCUT2D eigenvalue weighted by Crippen LogP contribution is 2.25. The Hall–Kier alpha value is -1.42. The second-order valence-electron chi connectivity index (χ2n) is 3.47. The quantitative estimate of drug-likeness (QED) is 0.762. The number of methoxy groups -OCH3 is 1. The Morgan fingerprint density at radius 1 is 1.62 bits per heavy atom. The lowest BCUT2D eigenvalue weighted by Crippen LogP contribution is -2.24. The molecule has 1 aliphatic heterocycles. The van der Waals surface area contributed by atoms with E-state index in [1.165, 1.54) is 0 Å². The van der Waals surface area contributed by atoms with Crippen molar-refractivity contribution in [1.29, 1.82) is 0 Å². The summed E-state index contributed by atoms with van der Waals surface area (Å²) < 4.78 is 10.2. The topological polar surface area (TPSA) is 38.8 Å². The summed E-state index contributed by atoms with van der Waals surface area (Å²) in [6.07, 6.45) is -0.598. The molecule has 0 spiro atoms. The van der Waals surface area contributed by atoms with Crippen LogP contribution in [0.15, 0.2) is 24.3 Å². The Kier molecular flexibility index (Phi) is 3.19. The number of alkyl halides is 1. The van der Waals surface area contributed by atoms with Crippen LogP contribution in [0.1, 0.15) is 0 Å². The number of amides is 1. The van der Waals surface area contributed by atoms with Crippen LogP contribution in [-0.2, 0) is 4.74 Å². The van der Waals surface area contributed by atoms with Gasteiger partial charge in [-0.1, -0.05) is 6.07 Å². The van der Waals surface area contributed by atoms with Gasteiger partial charge in [0.05, 0.1) is 25.2 Å². The van der Waals surface area contributed by atoms with Crippen molar-refractivity contribution in [3.63, 3.8) is 0 Å². The molecule has 0 aromatic heterocycles. The van der Waals surface area contributed by atoms with Crippen LogP contribution in [0.2, 0.25) is 0 Å². The van der Waals surface area contributed by atoms with Gasteiger partial charge in [-0.05, 0) is 12.1 Å². The standard InChI is InChI=1S/C11H12ClNO3/c1-15-9-4-2-3-8(5-9)13-7-10(6-12)16-11(13)14/h2-5,10H,6-7H2,1H3. The van der Waals surface area contributed by atoms with Crippen molar-refractivity contribution in [1.82, 2.24) is 0 Å². The predicted molar refractivity (Wildman–Crippen MR) is 61.3 cm³/mol. The van der Waals surface area contributed by atoms with Crippen LogP contribution in [-0.4, -0.2) is 31.7 Å². The molecule has 1 aromatic carbocycles. The molecule has 1 unspecified atom stereocenters. The monoisotopic (exact) mass is 241 g/mol. The minimum absolute atomic E-state index is 0.236. The predicted octanol–water partition coefficient (Wildman–Crippen LogP) is 2.26. The van der Waals surface area contributed by atoms with E-state index in [0.29, 0.717) is 18.2 Å². The number of ether oxygens (including phenoxy) is 2. The van der Waals surface area contributed by atoms with Crippen LogP contribution in [0.5, 0.6) is 5.75 Å². The molecular weight excluding hydrogens is 230 g/mol. The minimum Gasteiger partial charge on any atom is -0.497 e. The highest BCUT2D eigenvalue weighted by atomic mass is 35.5. The molecule has 0 saturated carbocycles. The van der Waals surface area contributed by atoms with E-state index in [9.17, 15) is 4.79 Å². The Morgan fingerprint density at radius 3 is 3.06 bits per heavy atom. The van der Waals surface area contributed by atoms with Crippen molar-refractivity contribution in [2.75, 3.05) is 24.4 Å². The first-order valence-electron chi connectivity index (χ1n) is 4.92. The van der Waals surface area contributed by atoms with Crippen LogP contribution < -0.4 is 9.64 Å². The largest absolute Gasteiger partial charge is 0.497 e. The number of halogens is 1. The highest BCUT2D eigenvalue weighted by molar-refractivity contribution is 6.18. The molecule has 16 heavy (non-hydrogen) atoms. The molecule has 0 N–H and O–H groups in total. The van der Waals surface area contributed by atoms with Crippen molar-refractivity contribution < 1.29 is 14.3 Å². The number of cyclic esters (lactones) is 1. The lowest BCUT2D eigenvalue weighted by atomic mass is 10.2. The first kappa shape index (κ1) is 11.1. The second kappa shape index (κ2) is 4.61. The van der Waals surface area contributed by atoms with Gasteiger partial charge in [0.1, 0.15) is 11.9 Å². The van der Waals surface area contributed by atoms with Crippen LogP contribution >= 0.6 is 11.6 Å². The fourth-order valence-electron chi connectivity index (χ4n) is 1.59. The van der Waals surface area contributed by atoms with Gasteiger partial charge in [0.25, 0.3) is 0 Å². The van der Waals surface area contributed by atoms with Crippen molar-refractivity contribution in [2.45, 2.75) is 6.10 Å². The van der Waals surface area contributed by atoms with Gasteiger partial charge in [0.2, 0.25) is 0 Å². The smallest absolute Gasteiger partial charge is 0.414 e. The minimum atomic E-state index is -0.362. The van der Waals surface area contributed by atoms with Gasteiger partial charge in [0.15, 0.2) is 0 Å². The molecule has 1 aliphatic rings. The summed E-state index contributed by atoms with van der Waals surface area (Å²) in [4.78, 5) is 13.1. The molecule has 2 rings (SSSR count). The van der Waals surface area contributed by atoms with E-state index >= 15 is 0 Å². The molecule has 0 radical (unpaired) electrons. The molecule has 1 aromatic rings. The molecule has 0 bridgehead atoms. The van der Waals surface area contributed by atoms with Gasteiger partial charge >= 0.3 is 6.09 Å². The number of carbonyl (C=O) groups is 1. The van der Waals surface area contributed by atoms with Gasteiger partial charge in [0, 0.05) is 6.07 Å². The Labute approximate surface area is 98.7 Å². The maximum atomic E-state index is 11.5. The van der Waals surface area contributed by atoms with Gasteiger partial charge < -0.3 is 9.47 Å². The van der Waals surface area contributed by atoms with Crippen LogP contribution in [0.25, 0.3) is 0 Å². The Morgan fingerprint density at radius 2 is 2.44 bits per heavy atom. The lowest BCUT2D eigenvalue weighted by Gasteiger charge is -2.13. The summed E-state index contributed by atoms with van der Waals surface area (Å²) in [6.45, 7) is 0.482. The summed E-state index contributed by atoms with van der Waals surface area (Å²) >= 11 is 5.66. The van der Waals surface area contributed by atoms with E-state index in [-0.39, 0.29) is 12.2 Å². The number of carbonyl (C=O) groups excluding carboxylic acids is 1. The fourth-order valence-corrected chi connectivity index (χ4v) is 1.75. The zero-order valence-electron chi connectivity index (χ0n) is 8.85. The van der Waals surface area contributed by atoms with Crippen molar-refractivity contribution in [3.8, 4) is 5.75 Å². The van der Waals surface area contributed by atoms with E-state index in [0.717, 1.165) is 5.69 Å². The van der Waals surface area contributed by atoms with Crippen molar-refractivity contribution in [3.05, 3.63) is 24.3 Å². The summed E-state index contributed by atoms with van der Waals surface area (Å²) in [7, 11) is 1.59. The summed E-state index contributed by atoms with van der Waals surface area (Å²) in [6, 6.07) is 7.28. The van der Waals surface area contributed by atoms with E-state index in [1.54, 1.807) is 18.1 Å². The molecule has 4 nitrogen and oxygen atoms in total. The molecule has 86 valence electrons. The highest BCUT2D eigenvalue weighted by Gasteiger charge is 2.31. The molecule has 1 heterocycles. The zero-order chi connectivity index (χ0) is 11.5. The SMILES string of the molecule is COc1cccc(N2CC(CCl)OC2=O)c1. The van der Waals surface area contributed by atoms with Gasteiger partial charge in [-0.15, -0.1) is 11.6 Å². The molecule has 1 saturated heterocycles. The number of rotatable bonds is 3. The number of anilines is 1. The van der Waals surface area contributed by atoms with Crippen molar-refractivity contribution in [2.24, 2.45) is 0 Å². The summed E-state index contributed by atoms with van der Waals surface area (Å²) in [5.74, 6) is 1.02. The number of nitrogens with zero attached hydrogens (tertiary/aromatic N) is 1. The van der Waals surface area contributed by atoms with Crippen LogP contribution in [0.4, 0.5) is 10.5 Å². The molecule has 1 atom stereocenters. The van der Waals surface area contributed by atoms with Gasteiger partial charge in [-0.2, -0.15) is 0 Å². The molecule has 1 amide bonds. The van der Waals surface area contributed by atoms with E-state index in [2.05, 4.69) is 0 Å². The maximum absolute atomic E-state index is 11.5. The molecule has 0 aliphatic carbocycles. The number of hydrogen-bond acceptors (Lipinski definition) is 3. The third-order valence-electron chi connectivity index (χ3n) is 2.41. The average molecular weight is 242 g/mol. The van der Waals surface area contributed by atoms with Gasteiger partial charge in [-0.25, -0.2) is 4.79 Å². The third kappa shape index (κ3) is 2.07. The van der Waals surface area contributed by atoms with Crippen LogP contribution in [0.3, 0.4) is 0 Å².